The fourth-order valence-electron chi connectivity index (χ4n) is 2.70. The summed E-state index contributed by atoms with van der Waals surface area (Å²) in [7, 11) is 0. The molecule has 1 aromatic rings. The highest BCUT2D eigenvalue weighted by molar-refractivity contribution is 5.83. The highest BCUT2D eigenvalue weighted by atomic mass is 16.4. The number of hydrogen-bond acceptors (Lipinski definition) is 2. The van der Waals surface area contributed by atoms with Crippen molar-refractivity contribution < 1.29 is 14.7 Å². The second kappa shape index (κ2) is 6.55. The quantitative estimate of drug-likeness (QED) is 0.887. The molecule has 2 rings (SSSR count). The van der Waals surface area contributed by atoms with E-state index >= 15 is 0 Å². The zero-order valence-electron chi connectivity index (χ0n) is 11.7. The minimum atomic E-state index is -0.715. The summed E-state index contributed by atoms with van der Waals surface area (Å²) in [4.78, 5) is 23.1. The first kappa shape index (κ1) is 14.6. The van der Waals surface area contributed by atoms with Gasteiger partial charge in [0.1, 0.15) is 0 Å². The maximum Gasteiger partial charge on any atom is 0.306 e. The Morgan fingerprint density at radius 1 is 1.15 bits per heavy atom. The second-order valence-corrected chi connectivity index (χ2v) is 5.53. The zero-order valence-corrected chi connectivity index (χ0v) is 11.7. The number of rotatable bonds is 4. The maximum atomic E-state index is 12.2. The highest BCUT2D eigenvalue weighted by Gasteiger charge is 2.27. The van der Waals surface area contributed by atoms with Crippen LogP contribution in [-0.2, 0) is 9.59 Å². The summed E-state index contributed by atoms with van der Waals surface area (Å²) in [6.45, 7) is 1.90. The average molecular weight is 275 g/mol. The number of hydrogen-bond donors (Lipinski definition) is 2. The van der Waals surface area contributed by atoms with Crippen molar-refractivity contribution in [3.8, 4) is 0 Å². The number of carbonyl (C=O) groups excluding carboxylic acids is 1. The molecule has 1 atom stereocenters. The molecule has 0 aromatic heterocycles. The molecular weight excluding hydrogens is 254 g/mol. The SMILES string of the molecule is C[C@@H](C(=O)NC1CCC(C(=O)O)CC1)c1ccccc1. The van der Waals surface area contributed by atoms with Crippen molar-refractivity contribution in [3.63, 3.8) is 0 Å². The molecule has 1 aliphatic carbocycles. The number of amides is 1. The van der Waals surface area contributed by atoms with Gasteiger partial charge in [-0.2, -0.15) is 0 Å². The molecule has 108 valence electrons. The van der Waals surface area contributed by atoms with E-state index in [1.165, 1.54) is 0 Å². The fraction of sp³-hybridized carbons (Fsp3) is 0.500. The summed E-state index contributed by atoms with van der Waals surface area (Å²) in [5, 5.41) is 12.0. The van der Waals surface area contributed by atoms with Gasteiger partial charge in [-0.05, 0) is 38.2 Å². The van der Waals surface area contributed by atoms with E-state index in [-0.39, 0.29) is 23.8 Å². The van der Waals surface area contributed by atoms with Gasteiger partial charge in [-0.15, -0.1) is 0 Å². The van der Waals surface area contributed by atoms with Crippen LogP contribution in [0.25, 0.3) is 0 Å². The molecule has 4 nitrogen and oxygen atoms in total. The van der Waals surface area contributed by atoms with E-state index in [4.69, 9.17) is 5.11 Å². The fourth-order valence-corrected chi connectivity index (χ4v) is 2.70. The van der Waals surface area contributed by atoms with Gasteiger partial charge in [0.15, 0.2) is 0 Å². The van der Waals surface area contributed by atoms with Crippen molar-refractivity contribution in [2.24, 2.45) is 5.92 Å². The number of carbonyl (C=O) groups is 2. The van der Waals surface area contributed by atoms with E-state index in [1.54, 1.807) is 0 Å². The molecule has 2 N–H and O–H groups in total. The largest absolute Gasteiger partial charge is 0.481 e. The van der Waals surface area contributed by atoms with Crippen LogP contribution >= 0.6 is 0 Å². The number of carboxylic acids is 1. The van der Waals surface area contributed by atoms with Gasteiger partial charge in [-0.3, -0.25) is 9.59 Å². The molecule has 1 fully saturated rings. The van der Waals surface area contributed by atoms with Crippen LogP contribution in [-0.4, -0.2) is 23.0 Å². The third-order valence-electron chi connectivity index (χ3n) is 4.12. The molecule has 1 saturated carbocycles. The lowest BCUT2D eigenvalue weighted by atomic mass is 9.86. The molecule has 1 aromatic carbocycles. The minimum absolute atomic E-state index is 0.0231. The van der Waals surface area contributed by atoms with Crippen molar-refractivity contribution in [3.05, 3.63) is 35.9 Å². The number of aliphatic carboxylic acids is 1. The Kier molecular flexibility index (Phi) is 4.77. The number of benzene rings is 1. The van der Waals surface area contributed by atoms with E-state index in [0.717, 1.165) is 18.4 Å². The van der Waals surface area contributed by atoms with Gasteiger partial charge >= 0.3 is 5.97 Å². The average Bonchev–Trinajstić information content (AvgIpc) is 2.48. The normalized spacial score (nSPS) is 23.9. The van der Waals surface area contributed by atoms with Crippen molar-refractivity contribution in [1.29, 1.82) is 0 Å². The lowest BCUT2D eigenvalue weighted by molar-refractivity contribution is -0.142. The monoisotopic (exact) mass is 275 g/mol. The molecular formula is C16H21NO3. The van der Waals surface area contributed by atoms with E-state index < -0.39 is 5.97 Å². The Hall–Kier alpha value is -1.84. The van der Waals surface area contributed by atoms with Crippen LogP contribution in [0.2, 0.25) is 0 Å². The Bertz CT molecular complexity index is 464. The second-order valence-electron chi connectivity index (χ2n) is 5.53. The molecule has 1 amide bonds. The predicted octanol–water partition coefficient (Wildman–Crippen LogP) is 2.55. The topological polar surface area (TPSA) is 66.4 Å². The third kappa shape index (κ3) is 3.59. The summed E-state index contributed by atoms with van der Waals surface area (Å²) < 4.78 is 0. The van der Waals surface area contributed by atoms with E-state index in [2.05, 4.69) is 5.32 Å². The highest BCUT2D eigenvalue weighted by Crippen LogP contribution is 2.25. The van der Waals surface area contributed by atoms with Gasteiger partial charge in [0.25, 0.3) is 0 Å². The van der Waals surface area contributed by atoms with Gasteiger partial charge in [0.2, 0.25) is 5.91 Å². The summed E-state index contributed by atoms with van der Waals surface area (Å²) >= 11 is 0. The van der Waals surface area contributed by atoms with Crippen LogP contribution in [0.4, 0.5) is 0 Å². The van der Waals surface area contributed by atoms with E-state index in [9.17, 15) is 9.59 Å². The standard InChI is InChI=1S/C16H21NO3/c1-11(12-5-3-2-4-6-12)15(18)17-14-9-7-13(8-10-14)16(19)20/h2-6,11,13-14H,7-10H2,1H3,(H,17,18)(H,19,20)/t11-,13?,14?/m1/s1. The molecule has 0 bridgehead atoms. The summed E-state index contributed by atoms with van der Waals surface area (Å²) in [5.74, 6) is -1.11. The van der Waals surface area contributed by atoms with E-state index in [1.807, 2.05) is 37.3 Å². The van der Waals surface area contributed by atoms with Crippen molar-refractivity contribution in [1.82, 2.24) is 5.32 Å². The van der Waals surface area contributed by atoms with Crippen molar-refractivity contribution >= 4 is 11.9 Å². The number of nitrogens with one attached hydrogen (secondary N) is 1. The third-order valence-corrected chi connectivity index (χ3v) is 4.12. The van der Waals surface area contributed by atoms with Crippen LogP contribution in [0.3, 0.4) is 0 Å². The molecule has 0 radical (unpaired) electrons. The summed E-state index contributed by atoms with van der Waals surface area (Å²) in [6, 6.07) is 9.80. The van der Waals surface area contributed by atoms with Crippen LogP contribution in [0.5, 0.6) is 0 Å². The molecule has 4 heteroatoms. The van der Waals surface area contributed by atoms with Crippen molar-refractivity contribution in [2.75, 3.05) is 0 Å². The van der Waals surface area contributed by atoms with Crippen LogP contribution in [0.1, 0.15) is 44.1 Å². The Balaban J connectivity index is 1.85. The molecule has 0 saturated heterocycles. The Morgan fingerprint density at radius 2 is 1.75 bits per heavy atom. The number of carboxylic acid groups (broad SMARTS) is 1. The van der Waals surface area contributed by atoms with Gasteiger partial charge in [-0.1, -0.05) is 30.3 Å². The molecule has 0 heterocycles. The maximum absolute atomic E-state index is 12.2. The van der Waals surface area contributed by atoms with Gasteiger partial charge in [0.05, 0.1) is 11.8 Å². The lowest BCUT2D eigenvalue weighted by Crippen LogP contribution is -2.40. The first-order valence-electron chi connectivity index (χ1n) is 7.16. The van der Waals surface area contributed by atoms with Gasteiger partial charge < -0.3 is 10.4 Å². The van der Waals surface area contributed by atoms with E-state index in [0.29, 0.717) is 12.8 Å². The molecule has 0 spiro atoms. The first-order chi connectivity index (χ1) is 9.58. The molecule has 1 aliphatic rings. The molecule has 0 unspecified atom stereocenters. The molecule has 20 heavy (non-hydrogen) atoms. The van der Waals surface area contributed by atoms with Crippen LogP contribution in [0.15, 0.2) is 30.3 Å². The minimum Gasteiger partial charge on any atom is -0.481 e. The lowest BCUT2D eigenvalue weighted by Gasteiger charge is -2.27. The zero-order chi connectivity index (χ0) is 14.5. The summed E-state index contributed by atoms with van der Waals surface area (Å²) in [5.41, 5.74) is 1.00. The smallest absolute Gasteiger partial charge is 0.306 e. The van der Waals surface area contributed by atoms with Crippen LogP contribution in [0, 0.1) is 5.92 Å². The Morgan fingerprint density at radius 3 is 2.30 bits per heavy atom. The van der Waals surface area contributed by atoms with Crippen LogP contribution < -0.4 is 5.32 Å². The first-order valence-corrected chi connectivity index (χ1v) is 7.16. The Labute approximate surface area is 119 Å². The molecule has 0 aliphatic heterocycles. The summed E-state index contributed by atoms with van der Waals surface area (Å²) in [6.07, 6.45) is 2.81. The van der Waals surface area contributed by atoms with Gasteiger partial charge in [0, 0.05) is 6.04 Å². The predicted molar refractivity (Wildman–Crippen MR) is 76.4 cm³/mol. The van der Waals surface area contributed by atoms with Gasteiger partial charge in [-0.25, -0.2) is 0 Å². The van der Waals surface area contributed by atoms with Crippen molar-refractivity contribution in [2.45, 2.75) is 44.6 Å².